The van der Waals surface area contributed by atoms with Gasteiger partial charge in [0, 0.05) is 4.90 Å². The Morgan fingerprint density at radius 3 is 2.59 bits per heavy atom. The van der Waals surface area contributed by atoms with Crippen LogP contribution in [0.1, 0.15) is 31.7 Å². The molecule has 1 heterocycles. The molecule has 0 spiro atoms. The number of hydrogen-bond donors (Lipinski definition) is 0. The summed E-state index contributed by atoms with van der Waals surface area (Å²) in [6, 6.07) is 8.71. The average Bonchev–Trinajstić information content (AvgIpc) is 2.37. The van der Waals surface area contributed by atoms with Gasteiger partial charge in [-0.25, -0.2) is 0 Å². The summed E-state index contributed by atoms with van der Waals surface area (Å²) < 4.78 is 0. The van der Waals surface area contributed by atoms with Crippen LogP contribution in [0.15, 0.2) is 29.2 Å². The number of thioether (sulfide) groups is 1. The monoisotopic (exact) mass is 251 g/mol. The Kier molecular flexibility index (Phi) is 7.38. The summed E-state index contributed by atoms with van der Waals surface area (Å²) >= 11 is 1.99. The minimum Gasteiger partial charge on any atom is -0.309 e. The molecule has 2 rings (SSSR count). The molecule has 1 aromatic rings. The fraction of sp³-hybridized carbons (Fsp3) is 0.600. The van der Waals surface area contributed by atoms with Crippen LogP contribution in [0.3, 0.4) is 0 Å². The van der Waals surface area contributed by atoms with Crippen molar-refractivity contribution in [2.45, 2.75) is 37.5 Å². The zero-order valence-electron chi connectivity index (χ0n) is 11.4. The van der Waals surface area contributed by atoms with Crippen LogP contribution in [0.5, 0.6) is 0 Å². The van der Waals surface area contributed by atoms with Crippen molar-refractivity contribution in [2.75, 3.05) is 26.4 Å². The molecule has 0 aliphatic carbocycles. The van der Waals surface area contributed by atoms with Crippen molar-refractivity contribution >= 4 is 11.8 Å². The zero-order chi connectivity index (χ0) is 12.5. The molecule has 96 valence electrons. The molecule has 0 bridgehead atoms. The SMILES string of the molecule is CCCCN(C)C.c1ccc2c(c1)CCCS2. The highest BCUT2D eigenvalue weighted by Gasteiger charge is 2.06. The molecule has 1 aromatic carbocycles. The molecule has 0 fully saturated rings. The fourth-order valence-corrected chi connectivity index (χ4v) is 2.81. The minimum atomic E-state index is 1.23. The molecular weight excluding hydrogens is 226 g/mol. The normalized spacial score (nSPS) is 13.9. The molecule has 1 aliphatic heterocycles. The van der Waals surface area contributed by atoms with Crippen molar-refractivity contribution < 1.29 is 0 Å². The Balaban J connectivity index is 0.000000185. The Morgan fingerprint density at radius 2 is 2.00 bits per heavy atom. The largest absolute Gasteiger partial charge is 0.309 e. The van der Waals surface area contributed by atoms with Gasteiger partial charge in [0.25, 0.3) is 0 Å². The van der Waals surface area contributed by atoms with Gasteiger partial charge in [0.1, 0.15) is 0 Å². The average molecular weight is 251 g/mol. The molecule has 2 heteroatoms. The standard InChI is InChI=1S/C9H10S.C6H15N/c1-2-6-9-8(4-1)5-3-7-10-9;1-4-5-6-7(2)3/h1-2,4,6H,3,5,7H2;4-6H2,1-3H3. The van der Waals surface area contributed by atoms with E-state index in [-0.39, 0.29) is 0 Å². The van der Waals surface area contributed by atoms with Crippen LogP contribution >= 0.6 is 11.8 Å². The second-order valence-corrected chi connectivity index (χ2v) is 5.85. The van der Waals surface area contributed by atoms with Crippen LogP contribution in [-0.4, -0.2) is 31.3 Å². The van der Waals surface area contributed by atoms with E-state index in [4.69, 9.17) is 0 Å². The van der Waals surface area contributed by atoms with Gasteiger partial charge in [-0.15, -0.1) is 11.8 Å². The first-order valence-corrected chi connectivity index (χ1v) is 7.58. The first-order valence-electron chi connectivity index (χ1n) is 6.59. The smallest absolute Gasteiger partial charge is 0.0104 e. The van der Waals surface area contributed by atoms with Crippen molar-refractivity contribution in [3.63, 3.8) is 0 Å². The lowest BCUT2D eigenvalue weighted by Gasteiger charge is -2.13. The summed E-state index contributed by atoms with van der Waals surface area (Å²) in [4.78, 5) is 3.71. The molecule has 1 aliphatic rings. The highest BCUT2D eigenvalue weighted by molar-refractivity contribution is 7.99. The maximum Gasteiger partial charge on any atom is 0.0104 e. The van der Waals surface area contributed by atoms with E-state index in [1.54, 1.807) is 5.56 Å². The van der Waals surface area contributed by atoms with Crippen molar-refractivity contribution in [1.82, 2.24) is 4.90 Å². The fourth-order valence-electron chi connectivity index (χ4n) is 1.77. The third kappa shape index (κ3) is 6.13. The second kappa shape index (κ2) is 8.60. The van der Waals surface area contributed by atoms with E-state index >= 15 is 0 Å². The first kappa shape index (κ1) is 14.6. The number of aryl methyl sites for hydroxylation is 1. The summed E-state index contributed by atoms with van der Waals surface area (Å²) in [7, 11) is 4.21. The lowest BCUT2D eigenvalue weighted by Crippen LogP contribution is -2.12. The third-order valence-electron chi connectivity index (χ3n) is 2.78. The number of nitrogens with zero attached hydrogens (tertiary/aromatic N) is 1. The molecule has 0 unspecified atom stereocenters. The minimum absolute atomic E-state index is 1.23. The maximum absolute atomic E-state index is 2.24. The number of hydrogen-bond acceptors (Lipinski definition) is 2. The molecule has 0 radical (unpaired) electrons. The highest BCUT2D eigenvalue weighted by atomic mass is 32.2. The highest BCUT2D eigenvalue weighted by Crippen LogP contribution is 2.28. The van der Waals surface area contributed by atoms with Gasteiger partial charge < -0.3 is 4.90 Å². The van der Waals surface area contributed by atoms with Gasteiger partial charge in [0.05, 0.1) is 0 Å². The van der Waals surface area contributed by atoms with Crippen LogP contribution < -0.4 is 0 Å². The van der Waals surface area contributed by atoms with Crippen LogP contribution in [0.25, 0.3) is 0 Å². The van der Waals surface area contributed by atoms with E-state index < -0.39 is 0 Å². The second-order valence-electron chi connectivity index (χ2n) is 4.72. The predicted molar refractivity (Wildman–Crippen MR) is 78.9 cm³/mol. The number of fused-ring (bicyclic) bond motifs is 1. The molecule has 0 saturated carbocycles. The molecular formula is C15H25NS. The first-order chi connectivity index (χ1) is 8.24. The molecule has 17 heavy (non-hydrogen) atoms. The van der Waals surface area contributed by atoms with E-state index in [0.717, 1.165) is 0 Å². The Bertz CT molecular complexity index is 285. The Labute approximate surface area is 111 Å². The van der Waals surface area contributed by atoms with E-state index in [1.807, 2.05) is 11.8 Å². The quantitative estimate of drug-likeness (QED) is 0.796. The van der Waals surface area contributed by atoms with Crippen molar-refractivity contribution in [3.8, 4) is 0 Å². The Hall–Kier alpha value is -0.470. The predicted octanol–water partition coefficient (Wildman–Crippen LogP) is 4.07. The third-order valence-corrected chi connectivity index (χ3v) is 3.98. The zero-order valence-corrected chi connectivity index (χ0v) is 12.2. The number of benzene rings is 1. The van der Waals surface area contributed by atoms with Gasteiger partial charge >= 0.3 is 0 Å². The summed E-state index contributed by atoms with van der Waals surface area (Å²) in [5.74, 6) is 1.30. The molecule has 0 atom stereocenters. The van der Waals surface area contributed by atoms with Crippen LogP contribution in [0, 0.1) is 0 Å². The van der Waals surface area contributed by atoms with Crippen LogP contribution in [-0.2, 0) is 6.42 Å². The van der Waals surface area contributed by atoms with E-state index in [2.05, 4.69) is 50.2 Å². The van der Waals surface area contributed by atoms with Crippen molar-refractivity contribution in [1.29, 1.82) is 0 Å². The lowest BCUT2D eigenvalue weighted by molar-refractivity contribution is 0.398. The number of rotatable bonds is 3. The molecule has 0 aromatic heterocycles. The molecule has 0 N–H and O–H groups in total. The van der Waals surface area contributed by atoms with Crippen molar-refractivity contribution in [3.05, 3.63) is 29.8 Å². The van der Waals surface area contributed by atoms with Gasteiger partial charge in [-0.2, -0.15) is 0 Å². The van der Waals surface area contributed by atoms with E-state index in [0.29, 0.717) is 0 Å². The summed E-state index contributed by atoms with van der Waals surface area (Å²) in [6.07, 6.45) is 5.26. The summed E-state index contributed by atoms with van der Waals surface area (Å²) in [5.41, 5.74) is 1.54. The van der Waals surface area contributed by atoms with Gasteiger partial charge in [0.15, 0.2) is 0 Å². The van der Waals surface area contributed by atoms with Crippen LogP contribution in [0.2, 0.25) is 0 Å². The van der Waals surface area contributed by atoms with Crippen LogP contribution in [0.4, 0.5) is 0 Å². The number of unbranched alkanes of at least 4 members (excludes halogenated alkanes) is 1. The van der Waals surface area contributed by atoms with Gasteiger partial charge in [-0.05, 0) is 57.3 Å². The molecule has 0 amide bonds. The van der Waals surface area contributed by atoms with Gasteiger partial charge in [-0.1, -0.05) is 31.5 Å². The molecule has 1 nitrogen and oxygen atoms in total. The summed E-state index contributed by atoms with van der Waals surface area (Å²) in [5, 5.41) is 0. The lowest BCUT2D eigenvalue weighted by atomic mass is 10.1. The topological polar surface area (TPSA) is 3.24 Å². The van der Waals surface area contributed by atoms with Gasteiger partial charge in [-0.3, -0.25) is 0 Å². The van der Waals surface area contributed by atoms with E-state index in [9.17, 15) is 0 Å². The summed E-state index contributed by atoms with van der Waals surface area (Å²) in [6.45, 7) is 3.44. The van der Waals surface area contributed by atoms with Crippen molar-refractivity contribution in [2.24, 2.45) is 0 Å². The molecule has 0 saturated heterocycles. The van der Waals surface area contributed by atoms with E-state index in [1.165, 1.54) is 42.9 Å². The Morgan fingerprint density at radius 1 is 1.24 bits per heavy atom. The van der Waals surface area contributed by atoms with Gasteiger partial charge in [0.2, 0.25) is 0 Å². The maximum atomic E-state index is 2.24.